The van der Waals surface area contributed by atoms with Gasteiger partial charge in [-0.25, -0.2) is 4.79 Å². The Kier molecular flexibility index (Phi) is 4.39. The van der Waals surface area contributed by atoms with E-state index in [1.807, 2.05) is 38.3 Å². The molecule has 3 rings (SSSR count). The molecule has 2 aliphatic rings. The zero-order chi connectivity index (χ0) is 16.6. The smallest absolute Gasteiger partial charge is 0.337 e. The monoisotopic (exact) mass is 331 g/mol. The van der Waals surface area contributed by atoms with Crippen molar-refractivity contribution in [3.63, 3.8) is 0 Å². The maximum atomic E-state index is 12.7. The summed E-state index contributed by atoms with van der Waals surface area (Å²) < 4.78 is 5.44. The SMILES string of the molecule is CC1=C(C(=O)OC(C)C)[C@H](c2cccs2)C2=C(CCCC2=O)N1. The standard InChI is InChI=1S/C18H21NO3S/c1-10(2)22-18(21)15-11(3)19-12-6-4-7-13(20)16(12)17(15)14-8-5-9-23-14/h5,8-10,17,19H,4,6-7H2,1-3H3/t17-/m0/s1. The van der Waals surface area contributed by atoms with Crippen molar-refractivity contribution in [1.29, 1.82) is 0 Å². The van der Waals surface area contributed by atoms with Gasteiger partial charge in [-0.1, -0.05) is 6.07 Å². The van der Waals surface area contributed by atoms with Gasteiger partial charge in [-0.3, -0.25) is 4.79 Å². The van der Waals surface area contributed by atoms with E-state index in [1.54, 1.807) is 11.3 Å². The van der Waals surface area contributed by atoms with Gasteiger partial charge in [0.1, 0.15) is 0 Å². The highest BCUT2D eigenvalue weighted by Gasteiger charge is 2.39. The number of carbonyl (C=O) groups is 2. The third-order valence-corrected chi connectivity index (χ3v) is 5.10. The summed E-state index contributed by atoms with van der Waals surface area (Å²) >= 11 is 1.57. The van der Waals surface area contributed by atoms with Gasteiger partial charge in [-0.15, -0.1) is 11.3 Å². The summed E-state index contributed by atoms with van der Waals surface area (Å²) in [6.07, 6.45) is 2.07. The summed E-state index contributed by atoms with van der Waals surface area (Å²) in [5.41, 5.74) is 3.08. The number of rotatable bonds is 3. The highest BCUT2D eigenvalue weighted by Crippen LogP contribution is 2.43. The number of dihydropyridines is 1. The minimum absolute atomic E-state index is 0.138. The molecular weight excluding hydrogens is 310 g/mol. The average Bonchev–Trinajstić information content (AvgIpc) is 2.99. The van der Waals surface area contributed by atoms with Crippen LogP contribution in [0.4, 0.5) is 0 Å². The molecule has 1 aliphatic heterocycles. The lowest BCUT2D eigenvalue weighted by Gasteiger charge is -2.33. The van der Waals surface area contributed by atoms with Crippen LogP contribution in [0.1, 0.15) is 50.8 Å². The number of allylic oxidation sites excluding steroid dienone is 3. The van der Waals surface area contributed by atoms with Crippen LogP contribution >= 0.6 is 11.3 Å². The number of esters is 1. The van der Waals surface area contributed by atoms with Gasteiger partial charge in [0.25, 0.3) is 0 Å². The van der Waals surface area contributed by atoms with Crippen molar-refractivity contribution < 1.29 is 14.3 Å². The summed E-state index contributed by atoms with van der Waals surface area (Å²) in [6, 6.07) is 3.94. The Hall–Kier alpha value is -1.88. The Morgan fingerprint density at radius 1 is 1.39 bits per heavy atom. The lowest BCUT2D eigenvalue weighted by Crippen LogP contribution is -2.34. The number of nitrogens with one attached hydrogen (secondary N) is 1. The van der Waals surface area contributed by atoms with E-state index in [2.05, 4.69) is 5.32 Å². The number of hydrogen-bond donors (Lipinski definition) is 1. The molecule has 1 N–H and O–H groups in total. The third kappa shape index (κ3) is 2.98. The van der Waals surface area contributed by atoms with Crippen molar-refractivity contribution in [3.8, 4) is 0 Å². The molecule has 0 saturated heterocycles. The Balaban J connectivity index is 2.10. The molecule has 1 aliphatic carbocycles. The molecule has 0 amide bonds. The highest BCUT2D eigenvalue weighted by molar-refractivity contribution is 7.10. The summed E-state index contributed by atoms with van der Waals surface area (Å²) in [7, 11) is 0. The second kappa shape index (κ2) is 6.32. The molecule has 0 fully saturated rings. The number of Topliss-reactive ketones (excluding diaryl/α,β-unsaturated/α-hetero) is 1. The molecule has 122 valence electrons. The molecular formula is C18H21NO3S. The molecule has 0 bridgehead atoms. The van der Waals surface area contributed by atoms with E-state index in [4.69, 9.17) is 4.74 Å². The fourth-order valence-corrected chi connectivity index (χ4v) is 4.11. The third-order valence-electron chi connectivity index (χ3n) is 4.17. The molecule has 1 atom stereocenters. The van der Waals surface area contributed by atoms with Gasteiger partial charge in [0, 0.05) is 28.3 Å². The van der Waals surface area contributed by atoms with Crippen molar-refractivity contribution in [2.45, 2.75) is 52.1 Å². The number of ketones is 1. The Bertz CT molecular complexity index is 698. The minimum atomic E-state index is -0.340. The Labute approximate surface area is 140 Å². The van der Waals surface area contributed by atoms with Crippen molar-refractivity contribution >= 4 is 23.1 Å². The Morgan fingerprint density at radius 3 is 2.83 bits per heavy atom. The van der Waals surface area contributed by atoms with Crippen molar-refractivity contribution in [2.75, 3.05) is 0 Å². The molecule has 23 heavy (non-hydrogen) atoms. The van der Waals surface area contributed by atoms with Gasteiger partial charge >= 0.3 is 5.97 Å². The maximum Gasteiger partial charge on any atom is 0.337 e. The van der Waals surface area contributed by atoms with Crippen LogP contribution in [-0.2, 0) is 14.3 Å². The summed E-state index contributed by atoms with van der Waals surface area (Å²) in [5.74, 6) is -0.502. The van der Waals surface area contributed by atoms with Crippen molar-refractivity contribution in [3.05, 3.63) is 44.9 Å². The van der Waals surface area contributed by atoms with Gasteiger partial charge in [0.2, 0.25) is 0 Å². The second-order valence-corrected chi connectivity index (χ2v) is 7.21. The molecule has 0 radical (unpaired) electrons. The normalized spacial score (nSPS) is 21.4. The van der Waals surface area contributed by atoms with E-state index in [1.165, 1.54) is 0 Å². The first kappa shape index (κ1) is 16.0. The largest absolute Gasteiger partial charge is 0.460 e. The highest BCUT2D eigenvalue weighted by atomic mass is 32.1. The van der Waals surface area contributed by atoms with E-state index < -0.39 is 0 Å². The van der Waals surface area contributed by atoms with Crippen LogP contribution in [0.15, 0.2) is 40.1 Å². The molecule has 1 aromatic heterocycles. The number of hydrogen-bond acceptors (Lipinski definition) is 5. The minimum Gasteiger partial charge on any atom is -0.460 e. The van der Waals surface area contributed by atoms with Crippen LogP contribution in [0.2, 0.25) is 0 Å². The first-order chi connectivity index (χ1) is 11.0. The second-order valence-electron chi connectivity index (χ2n) is 6.24. The van der Waals surface area contributed by atoms with Gasteiger partial charge in [0.15, 0.2) is 5.78 Å². The van der Waals surface area contributed by atoms with E-state index in [9.17, 15) is 9.59 Å². The molecule has 0 saturated carbocycles. The maximum absolute atomic E-state index is 12.7. The van der Waals surface area contributed by atoms with Crippen LogP contribution in [0.5, 0.6) is 0 Å². The quantitative estimate of drug-likeness (QED) is 0.859. The molecule has 1 aromatic rings. The Morgan fingerprint density at radius 2 is 2.17 bits per heavy atom. The summed E-state index contributed by atoms with van der Waals surface area (Å²) in [4.78, 5) is 26.2. The predicted octanol–water partition coefficient (Wildman–Crippen LogP) is 3.67. The molecule has 0 unspecified atom stereocenters. The van der Waals surface area contributed by atoms with Crippen molar-refractivity contribution in [2.24, 2.45) is 0 Å². The van der Waals surface area contributed by atoms with Crippen LogP contribution in [0, 0.1) is 0 Å². The van der Waals surface area contributed by atoms with Gasteiger partial charge in [-0.2, -0.15) is 0 Å². The average molecular weight is 331 g/mol. The lowest BCUT2D eigenvalue weighted by molar-refractivity contribution is -0.143. The topological polar surface area (TPSA) is 55.4 Å². The number of ether oxygens (including phenoxy) is 1. The summed E-state index contributed by atoms with van der Waals surface area (Å²) in [5, 5.41) is 5.26. The zero-order valence-corrected chi connectivity index (χ0v) is 14.5. The van der Waals surface area contributed by atoms with Gasteiger partial charge in [0.05, 0.1) is 17.6 Å². The summed E-state index contributed by atoms with van der Waals surface area (Å²) in [6.45, 7) is 5.56. The van der Waals surface area contributed by atoms with E-state index in [0.717, 1.165) is 34.7 Å². The van der Waals surface area contributed by atoms with E-state index in [-0.39, 0.29) is 23.8 Å². The van der Waals surface area contributed by atoms with E-state index >= 15 is 0 Å². The van der Waals surface area contributed by atoms with Gasteiger partial charge in [-0.05, 0) is 45.1 Å². The number of thiophene rings is 1. The van der Waals surface area contributed by atoms with Crippen molar-refractivity contribution in [1.82, 2.24) is 5.32 Å². The molecule has 0 spiro atoms. The number of carbonyl (C=O) groups excluding carboxylic acids is 2. The van der Waals surface area contributed by atoms with Crippen LogP contribution < -0.4 is 5.32 Å². The van der Waals surface area contributed by atoms with Crippen LogP contribution in [0.3, 0.4) is 0 Å². The first-order valence-corrected chi connectivity index (χ1v) is 8.85. The fraction of sp³-hybridized carbons (Fsp3) is 0.444. The molecule has 5 heteroatoms. The molecule has 4 nitrogen and oxygen atoms in total. The first-order valence-electron chi connectivity index (χ1n) is 7.97. The lowest BCUT2D eigenvalue weighted by atomic mass is 9.78. The fourth-order valence-electron chi connectivity index (χ4n) is 3.27. The van der Waals surface area contributed by atoms with Crippen LogP contribution in [0.25, 0.3) is 0 Å². The zero-order valence-electron chi connectivity index (χ0n) is 13.6. The molecule has 0 aromatic carbocycles. The van der Waals surface area contributed by atoms with Crippen LogP contribution in [-0.4, -0.2) is 17.9 Å². The van der Waals surface area contributed by atoms with Gasteiger partial charge < -0.3 is 10.1 Å². The predicted molar refractivity (Wildman–Crippen MR) is 90.0 cm³/mol. The molecule has 2 heterocycles. The van der Waals surface area contributed by atoms with E-state index in [0.29, 0.717) is 12.0 Å².